The molecule has 3 rings (SSSR count). The monoisotopic (exact) mass is 351 g/mol. The van der Waals surface area contributed by atoms with Gasteiger partial charge < -0.3 is 4.74 Å². The summed E-state index contributed by atoms with van der Waals surface area (Å²) >= 11 is 0. The van der Waals surface area contributed by atoms with Gasteiger partial charge in [0, 0.05) is 0 Å². The Hall–Kier alpha value is -2.73. The van der Waals surface area contributed by atoms with Crippen molar-refractivity contribution < 1.29 is 4.74 Å². The average Bonchev–Trinajstić information content (AvgIpc) is 3.18. The van der Waals surface area contributed by atoms with E-state index in [2.05, 4.69) is 46.5 Å². The highest BCUT2D eigenvalue weighted by Gasteiger charge is 2.19. The first-order valence-corrected chi connectivity index (χ1v) is 8.86. The standard InChI is InChI=1S/C20H25N5O/c1-16(20-21-22-23-25(20)18-9-5-4-6-10-18)24(2)15-7-8-17-11-13-19(26-3)14-12-17/h4-6,9-14,16H,7-8,15H2,1-3H3. The second kappa shape index (κ2) is 8.58. The maximum absolute atomic E-state index is 5.20. The molecule has 0 fully saturated rings. The maximum Gasteiger partial charge on any atom is 0.173 e. The van der Waals surface area contributed by atoms with Gasteiger partial charge in [0.2, 0.25) is 0 Å². The van der Waals surface area contributed by atoms with Crippen molar-refractivity contribution in [2.45, 2.75) is 25.8 Å². The van der Waals surface area contributed by atoms with Crippen LogP contribution in [0.25, 0.3) is 5.69 Å². The molecule has 0 aliphatic rings. The Labute approximate surface area is 154 Å². The van der Waals surface area contributed by atoms with E-state index in [0.29, 0.717) is 0 Å². The van der Waals surface area contributed by atoms with E-state index in [1.54, 1.807) is 7.11 Å². The summed E-state index contributed by atoms with van der Waals surface area (Å²) in [6, 6.07) is 18.4. The Morgan fingerprint density at radius 1 is 1.08 bits per heavy atom. The lowest BCUT2D eigenvalue weighted by atomic mass is 10.1. The molecule has 6 heteroatoms. The van der Waals surface area contributed by atoms with Gasteiger partial charge in [-0.05, 0) is 73.6 Å². The van der Waals surface area contributed by atoms with Crippen LogP contribution in [0.15, 0.2) is 54.6 Å². The van der Waals surface area contributed by atoms with E-state index in [-0.39, 0.29) is 6.04 Å². The average molecular weight is 351 g/mol. The number of para-hydroxylation sites is 1. The van der Waals surface area contributed by atoms with E-state index in [4.69, 9.17) is 4.74 Å². The summed E-state index contributed by atoms with van der Waals surface area (Å²) in [5.41, 5.74) is 2.30. The molecule has 1 heterocycles. The molecule has 6 nitrogen and oxygen atoms in total. The Bertz CT molecular complexity index is 801. The molecule has 26 heavy (non-hydrogen) atoms. The van der Waals surface area contributed by atoms with E-state index in [1.165, 1.54) is 5.56 Å². The van der Waals surface area contributed by atoms with Gasteiger partial charge in [0.1, 0.15) is 5.75 Å². The van der Waals surface area contributed by atoms with Crippen LogP contribution in [-0.2, 0) is 6.42 Å². The molecule has 0 saturated heterocycles. The largest absolute Gasteiger partial charge is 0.497 e. The van der Waals surface area contributed by atoms with Gasteiger partial charge in [0.25, 0.3) is 0 Å². The Morgan fingerprint density at radius 2 is 1.81 bits per heavy atom. The molecule has 1 aromatic heterocycles. The highest BCUT2D eigenvalue weighted by Crippen LogP contribution is 2.19. The summed E-state index contributed by atoms with van der Waals surface area (Å²) in [7, 11) is 3.80. The minimum absolute atomic E-state index is 0.126. The Balaban J connectivity index is 1.58. The zero-order chi connectivity index (χ0) is 18.4. The molecule has 0 N–H and O–H groups in total. The molecule has 0 aliphatic heterocycles. The van der Waals surface area contributed by atoms with Crippen LogP contribution in [0.1, 0.15) is 30.8 Å². The van der Waals surface area contributed by atoms with Gasteiger partial charge >= 0.3 is 0 Å². The van der Waals surface area contributed by atoms with Gasteiger partial charge in [-0.2, -0.15) is 4.68 Å². The van der Waals surface area contributed by atoms with Crippen molar-refractivity contribution in [1.29, 1.82) is 0 Å². The van der Waals surface area contributed by atoms with Crippen LogP contribution in [0.2, 0.25) is 0 Å². The quantitative estimate of drug-likeness (QED) is 0.623. The lowest BCUT2D eigenvalue weighted by Gasteiger charge is -2.23. The number of ether oxygens (including phenoxy) is 1. The third-order valence-electron chi connectivity index (χ3n) is 4.66. The SMILES string of the molecule is COc1ccc(CCCN(C)C(C)c2nnnn2-c2ccccc2)cc1. The maximum atomic E-state index is 5.20. The zero-order valence-electron chi connectivity index (χ0n) is 15.5. The highest BCUT2D eigenvalue weighted by molar-refractivity contribution is 5.31. The summed E-state index contributed by atoms with van der Waals surface area (Å²) in [6.45, 7) is 3.10. The van der Waals surface area contributed by atoms with Crippen LogP contribution in [0.3, 0.4) is 0 Å². The first kappa shape index (κ1) is 18.1. The van der Waals surface area contributed by atoms with Crippen molar-refractivity contribution in [2.75, 3.05) is 20.7 Å². The first-order valence-electron chi connectivity index (χ1n) is 8.86. The van der Waals surface area contributed by atoms with Gasteiger partial charge in [0.05, 0.1) is 18.8 Å². The summed E-state index contributed by atoms with van der Waals surface area (Å²) in [6.07, 6.45) is 2.10. The fourth-order valence-electron chi connectivity index (χ4n) is 2.92. The lowest BCUT2D eigenvalue weighted by Crippen LogP contribution is -2.26. The summed E-state index contributed by atoms with van der Waals surface area (Å²) in [4.78, 5) is 2.29. The molecule has 2 aromatic carbocycles. The number of aryl methyl sites for hydroxylation is 1. The van der Waals surface area contributed by atoms with Crippen LogP contribution in [0.5, 0.6) is 5.75 Å². The molecule has 0 amide bonds. The van der Waals surface area contributed by atoms with E-state index >= 15 is 0 Å². The van der Waals surface area contributed by atoms with Crippen molar-refractivity contribution >= 4 is 0 Å². The molecule has 1 atom stereocenters. The van der Waals surface area contributed by atoms with Crippen LogP contribution >= 0.6 is 0 Å². The van der Waals surface area contributed by atoms with Crippen molar-refractivity contribution in [3.8, 4) is 11.4 Å². The lowest BCUT2D eigenvalue weighted by molar-refractivity contribution is 0.246. The highest BCUT2D eigenvalue weighted by atomic mass is 16.5. The first-order chi connectivity index (χ1) is 12.7. The Kier molecular flexibility index (Phi) is 5.96. The number of hydrogen-bond donors (Lipinski definition) is 0. The molecular formula is C20H25N5O. The molecule has 0 bridgehead atoms. The van der Waals surface area contributed by atoms with E-state index in [1.807, 2.05) is 47.1 Å². The number of benzene rings is 2. The van der Waals surface area contributed by atoms with Crippen LogP contribution in [0.4, 0.5) is 0 Å². The second-order valence-corrected chi connectivity index (χ2v) is 6.39. The molecule has 0 saturated carbocycles. The third-order valence-corrected chi connectivity index (χ3v) is 4.66. The predicted molar refractivity (Wildman–Crippen MR) is 102 cm³/mol. The van der Waals surface area contributed by atoms with Gasteiger partial charge in [-0.1, -0.05) is 30.3 Å². The normalized spacial score (nSPS) is 12.3. The molecule has 0 spiro atoms. The van der Waals surface area contributed by atoms with E-state index in [0.717, 1.165) is 36.6 Å². The Morgan fingerprint density at radius 3 is 2.50 bits per heavy atom. The number of hydrogen-bond acceptors (Lipinski definition) is 5. The van der Waals surface area contributed by atoms with Crippen molar-refractivity contribution in [2.24, 2.45) is 0 Å². The number of tetrazole rings is 1. The second-order valence-electron chi connectivity index (χ2n) is 6.39. The summed E-state index contributed by atoms with van der Waals surface area (Å²) in [5, 5.41) is 12.3. The van der Waals surface area contributed by atoms with Gasteiger partial charge in [-0.15, -0.1) is 5.10 Å². The number of rotatable bonds is 8. The van der Waals surface area contributed by atoms with Crippen LogP contribution in [-0.4, -0.2) is 45.8 Å². The van der Waals surface area contributed by atoms with Crippen LogP contribution < -0.4 is 4.74 Å². The molecule has 136 valence electrons. The smallest absolute Gasteiger partial charge is 0.173 e. The summed E-state index contributed by atoms with van der Waals surface area (Å²) < 4.78 is 7.01. The minimum atomic E-state index is 0.126. The zero-order valence-corrected chi connectivity index (χ0v) is 15.5. The number of aromatic nitrogens is 4. The molecule has 1 unspecified atom stereocenters. The fraction of sp³-hybridized carbons (Fsp3) is 0.350. The predicted octanol–water partition coefficient (Wildman–Crippen LogP) is 3.30. The van der Waals surface area contributed by atoms with E-state index < -0.39 is 0 Å². The fourth-order valence-corrected chi connectivity index (χ4v) is 2.92. The van der Waals surface area contributed by atoms with Gasteiger partial charge in [-0.3, -0.25) is 4.90 Å². The van der Waals surface area contributed by atoms with Gasteiger partial charge in [0.15, 0.2) is 5.82 Å². The van der Waals surface area contributed by atoms with Gasteiger partial charge in [-0.25, -0.2) is 0 Å². The van der Waals surface area contributed by atoms with E-state index in [9.17, 15) is 0 Å². The third kappa shape index (κ3) is 4.26. The van der Waals surface area contributed by atoms with Crippen molar-refractivity contribution in [3.63, 3.8) is 0 Å². The minimum Gasteiger partial charge on any atom is -0.497 e. The number of methoxy groups -OCH3 is 1. The molecule has 3 aromatic rings. The molecule has 0 aliphatic carbocycles. The number of nitrogens with zero attached hydrogens (tertiary/aromatic N) is 5. The van der Waals surface area contributed by atoms with Crippen molar-refractivity contribution in [3.05, 3.63) is 66.0 Å². The molecular weight excluding hydrogens is 326 g/mol. The molecule has 0 radical (unpaired) electrons. The topological polar surface area (TPSA) is 56.1 Å². The van der Waals surface area contributed by atoms with Crippen LogP contribution in [0, 0.1) is 0 Å². The van der Waals surface area contributed by atoms with Crippen molar-refractivity contribution in [1.82, 2.24) is 25.1 Å². The summed E-state index contributed by atoms with van der Waals surface area (Å²) in [5.74, 6) is 1.75.